The quantitative estimate of drug-likeness (QED) is 0.882. The Morgan fingerprint density at radius 1 is 0.962 bits per heavy atom. The molecule has 5 nitrogen and oxygen atoms in total. The molecule has 0 atom stereocenters. The number of nitrogens with zero attached hydrogens (tertiary/aromatic N) is 2. The molecule has 5 heteroatoms. The summed E-state index contributed by atoms with van der Waals surface area (Å²) in [5.41, 5.74) is 4.46. The molecule has 0 bridgehead atoms. The average Bonchev–Trinajstić information content (AvgIpc) is 2.75. The fourth-order valence-corrected chi connectivity index (χ4v) is 3.52. The van der Waals surface area contributed by atoms with Gasteiger partial charge in [-0.3, -0.25) is 4.79 Å². The van der Waals surface area contributed by atoms with Gasteiger partial charge in [-0.1, -0.05) is 17.7 Å². The van der Waals surface area contributed by atoms with Crippen LogP contribution in [0.3, 0.4) is 0 Å². The van der Waals surface area contributed by atoms with Crippen LogP contribution in [0.1, 0.15) is 49.4 Å². The van der Waals surface area contributed by atoms with E-state index in [1.807, 2.05) is 30.6 Å². The van der Waals surface area contributed by atoms with Crippen molar-refractivity contribution in [3.05, 3.63) is 34.4 Å². The van der Waals surface area contributed by atoms with Crippen molar-refractivity contribution in [2.45, 2.75) is 59.9 Å². The lowest BCUT2D eigenvalue weighted by molar-refractivity contribution is -0.130. The van der Waals surface area contributed by atoms with Gasteiger partial charge in [0.05, 0.1) is 6.42 Å². The molecule has 0 spiro atoms. The van der Waals surface area contributed by atoms with Crippen molar-refractivity contribution < 1.29 is 9.59 Å². The van der Waals surface area contributed by atoms with E-state index in [4.69, 9.17) is 0 Å². The van der Waals surface area contributed by atoms with E-state index >= 15 is 0 Å². The van der Waals surface area contributed by atoms with E-state index in [0.29, 0.717) is 32.6 Å². The predicted octanol–water partition coefficient (Wildman–Crippen LogP) is 3.20. The van der Waals surface area contributed by atoms with E-state index in [1.54, 1.807) is 0 Å². The molecule has 0 saturated carbocycles. The summed E-state index contributed by atoms with van der Waals surface area (Å²) < 4.78 is 0. The lowest BCUT2D eigenvalue weighted by atomic mass is 9.97. The van der Waals surface area contributed by atoms with Gasteiger partial charge in [0.25, 0.3) is 0 Å². The summed E-state index contributed by atoms with van der Waals surface area (Å²) in [6.07, 6.45) is 1.25. The number of nitrogens with one attached hydrogen (secondary N) is 1. The molecule has 144 valence electrons. The molecular formula is C21H33N3O2. The Hall–Kier alpha value is -2.04. The molecule has 0 radical (unpaired) electrons. The summed E-state index contributed by atoms with van der Waals surface area (Å²) in [6.45, 7) is 14.7. The van der Waals surface area contributed by atoms with Crippen LogP contribution >= 0.6 is 0 Å². The SMILES string of the molecule is Cc1cc(C)c(CC(=O)N2CCCN(C(=O)NC(C)(C)C)CC2)c(C)c1. The van der Waals surface area contributed by atoms with Gasteiger partial charge >= 0.3 is 6.03 Å². The van der Waals surface area contributed by atoms with E-state index in [0.717, 1.165) is 12.0 Å². The topological polar surface area (TPSA) is 52.7 Å². The van der Waals surface area contributed by atoms with Gasteiger partial charge < -0.3 is 15.1 Å². The molecular weight excluding hydrogens is 326 g/mol. The Labute approximate surface area is 157 Å². The van der Waals surface area contributed by atoms with Crippen LogP contribution in [0, 0.1) is 20.8 Å². The Bertz CT molecular complexity index is 653. The second-order valence-electron chi connectivity index (χ2n) is 8.46. The Kier molecular flexibility index (Phi) is 6.32. The van der Waals surface area contributed by atoms with Gasteiger partial charge in [0.15, 0.2) is 0 Å². The second-order valence-corrected chi connectivity index (χ2v) is 8.46. The summed E-state index contributed by atoms with van der Waals surface area (Å²) in [5.74, 6) is 0.151. The number of amides is 3. The normalized spacial score (nSPS) is 15.6. The van der Waals surface area contributed by atoms with E-state index in [2.05, 4.69) is 38.2 Å². The molecule has 1 aliphatic heterocycles. The zero-order valence-electron chi connectivity index (χ0n) is 17.1. The van der Waals surface area contributed by atoms with Gasteiger partial charge in [-0.2, -0.15) is 0 Å². The highest BCUT2D eigenvalue weighted by molar-refractivity contribution is 5.80. The molecule has 1 fully saturated rings. The second kappa shape index (κ2) is 8.11. The van der Waals surface area contributed by atoms with Crippen LogP contribution in [0.2, 0.25) is 0 Å². The van der Waals surface area contributed by atoms with E-state index in [-0.39, 0.29) is 17.5 Å². The van der Waals surface area contributed by atoms with Crippen LogP contribution in [0.15, 0.2) is 12.1 Å². The van der Waals surface area contributed by atoms with Crippen LogP contribution in [0.5, 0.6) is 0 Å². The smallest absolute Gasteiger partial charge is 0.317 e. The molecule has 26 heavy (non-hydrogen) atoms. The van der Waals surface area contributed by atoms with Crippen molar-refractivity contribution in [3.8, 4) is 0 Å². The Morgan fingerprint density at radius 3 is 2.08 bits per heavy atom. The minimum atomic E-state index is -0.251. The van der Waals surface area contributed by atoms with Gasteiger partial charge in [0.1, 0.15) is 0 Å². The maximum atomic E-state index is 12.8. The lowest BCUT2D eigenvalue weighted by Crippen LogP contribution is -2.49. The molecule has 1 aromatic rings. The predicted molar refractivity (Wildman–Crippen MR) is 105 cm³/mol. The maximum Gasteiger partial charge on any atom is 0.317 e. The zero-order valence-corrected chi connectivity index (χ0v) is 17.1. The number of benzene rings is 1. The minimum Gasteiger partial charge on any atom is -0.341 e. The summed E-state index contributed by atoms with van der Waals surface area (Å²) >= 11 is 0. The van der Waals surface area contributed by atoms with Gasteiger partial charge in [-0.25, -0.2) is 4.79 Å². The average molecular weight is 360 g/mol. The first kappa shape index (κ1) is 20.3. The zero-order chi connectivity index (χ0) is 19.5. The van der Waals surface area contributed by atoms with E-state index in [9.17, 15) is 9.59 Å². The number of carbonyl (C=O) groups is 2. The molecule has 1 heterocycles. The van der Waals surface area contributed by atoms with Crippen molar-refractivity contribution in [1.29, 1.82) is 0 Å². The van der Waals surface area contributed by atoms with Crippen molar-refractivity contribution in [1.82, 2.24) is 15.1 Å². The summed E-state index contributed by atoms with van der Waals surface area (Å²) in [4.78, 5) is 28.9. The van der Waals surface area contributed by atoms with Gasteiger partial charge in [-0.15, -0.1) is 0 Å². The van der Waals surface area contributed by atoms with Crippen LogP contribution in [-0.4, -0.2) is 53.5 Å². The van der Waals surface area contributed by atoms with Crippen LogP contribution in [0.25, 0.3) is 0 Å². The monoisotopic (exact) mass is 359 g/mol. The van der Waals surface area contributed by atoms with Crippen LogP contribution in [-0.2, 0) is 11.2 Å². The first-order valence-corrected chi connectivity index (χ1v) is 9.48. The summed E-state index contributed by atoms with van der Waals surface area (Å²) in [6, 6.07) is 4.23. The molecule has 0 aliphatic carbocycles. The number of aryl methyl sites for hydroxylation is 3. The first-order valence-electron chi connectivity index (χ1n) is 9.48. The third-order valence-electron chi connectivity index (χ3n) is 4.79. The van der Waals surface area contributed by atoms with Crippen molar-refractivity contribution >= 4 is 11.9 Å². The number of hydrogen-bond donors (Lipinski definition) is 1. The Morgan fingerprint density at radius 2 is 1.50 bits per heavy atom. The van der Waals surface area contributed by atoms with Crippen LogP contribution < -0.4 is 5.32 Å². The summed E-state index contributed by atoms with van der Waals surface area (Å²) in [5, 5.41) is 3.00. The first-order chi connectivity index (χ1) is 12.1. The highest BCUT2D eigenvalue weighted by Crippen LogP contribution is 2.18. The highest BCUT2D eigenvalue weighted by atomic mass is 16.2. The number of carbonyl (C=O) groups excluding carboxylic acids is 2. The molecule has 0 unspecified atom stereocenters. The van der Waals surface area contributed by atoms with E-state index < -0.39 is 0 Å². The largest absolute Gasteiger partial charge is 0.341 e. The van der Waals surface area contributed by atoms with Crippen molar-refractivity contribution in [3.63, 3.8) is 0 Å². The third kappa shape index (κ3) is 5.48. The van der Waals surface area contributed by atoms with Gasteiger partial charge in [0.2, 0.25) is 5.91 Å². The van der Waals surface area contributed by atoms with E-state index in [1.165, 1.54) is 16.7 Å². The fraction of sp³-hybridized carbons (Fsp3) is 0.619. The van der Waals surface area contributed by atoms with Crippen molar-refractivity contribution in [2.75, 3.05) is 26.2 Å². The molecule has 1 saturated heterocycles. The highest BCUT2D eigenvalue weighted by Gasteiger charge is 2.24. The van der Waals surface area contributed by atoms with Crippen LogP contribution in [0.4, 0.5) is 4.79 Å². The molecule has 0 aromatic heterocycles. The van der Waals surface area contributed by atoms with Gasteiger partial charge in [0, 0.05) is 31.7 Å². The lowest BCUT2D eigenvalue weighted by Gasteiger charge is -2.27. The molecule has 1 aromatic carbocycles. The summed E-state index contributed by atoms with van der Waals surface area (Å²) in [7, 11) is 0. The maximum absolute atomic E-state index is 12.8. The Balaban J connectivity index is 1.98. The molecule has 3 amide bonds. The molecule has 1 aliphatic rings. The fourth-order valence-electron chi connectivity index (χ4n) is 3.52. The van der Waals surface area contributed by atoms with Crippen molar-refractivity contribution in [2.24, 2.45) is 0 Å². The number of urea groups is 1. The number of hydrogen-bond acceptors (Lipinski definition) is 2. The van der Waals surface area contributed by atoms with Gasteiger partial charge in [-0.05, 0) is 64.7 Å². The number of rotatable bonds is 2. The standard InChI is InChI=1S/C21H33N3O2/c1-15-12-16(2)18(17(3)13-15)14-19(25)23-8-7-9-24(11-10-23)20(26)22-21(4,5)6/h12-13H,7-11,14H2,1-6H3,(H,22,26). The molecule has 1 N–H and O–H groups in total. The molecule has 2 rings (SSSR count). The minimum absolute atomic E-state index is 0.0444. The third-order valence-corrected chi connectivity index (χ3v) is 4.79.